The van der Waals surface area contributed by atoms with Gasteiger partial charge in [0, 0.05) is 5.56 Å². The first-order chi connectivity index (χ1) is 10.7. The zero-order chi connectivity index (χ0) is 15.1. The van der Waals surface area contributed by atoms with Crippen molar-refractivity contribution in [1.29, 1.82) is 0 Å². The van der Waals surface area contributed by atoms with Gasteiger partial charge in [-0.05, 0) is 37.5 Å². The molecule has 0 atom stereocenters. The molecule has 3 aromatic rings. The van der Waals surface area contributed by atoms with E-state index in [2.05, 4.69) is 22.2 Å². The molecule has 0 bridgehead atoms. The van der Waals surface area contributed by atoms with Gasteiger partial charge in [0.05, 0.1) is 16.6 Å². The third-order valence-electron chi connectivity index (χ3n) is 4.10. The lowest BCUT2D eigenvalue weighted by molar-refractivity contribution is 0.763. The molecule has 1 aromatic heterocycles. The number of para-hydroxylation sites is 1. The van der Waals surface area contributed by atoms with Gasteiger partial charge in [0.25, 0.3) is 5.56 Å². The highest BCUT2D eigenvalue weighted by atomic mass is 16.1. The Kier molecular flexibility index (Phi) is 2.89. The summed E-state index contributed by atoms with van der Waals surface area (Å²) in [6.07, 6.45) is 1.84. The second-order valence-electron chi connectivity index (χ2n) is 5.50. The van der Waals surface area contributed by atoms with Crippen LogP contribution < -0.4 is 5.56 Å². The zero-order valence-corrected chi connectivity index (χ0v) is 12.3. The summed E-state index contributed by atoms with van der Waals surface area (Å²) in [5.41, 5.74) is 3.99. The summed E-state index contributed by atoms with van der Waals surface area (Å²) < 4.78 is 1.43. The first-order valence-electron chi connectivity index (χ1n) is 7.38. The van der Waals surface area contributed by atoms with Crippen LogP contribution >= 0.6 is 0 Å². The first-order valence-corrected chi connectivity index (χ1v) is 7.38. The van der Waals surface area contributed by atoms with Gasteiger partial charge in [-0.3, -0.25) is 4.79 Å². The summed E-state index contributed by atoms with van der Waals surface area (Å²) in [6.45, 7) is 1.82. The van der Waals surface area contributed by atoms with Crippen molar-refractivity contribution in [3.63, 3.8) is 0 Å². The van der Waals surface area contributed by atoms with E-state index in [-0.39, 0.29) is 5.56 Å². The molecule has 108 valence electrons. The molecular formula is C18H15N3O. The van der Waals surface area contributed by atoms with Crippen LogP contribution in [0.2, 0.25) is 0 Å². The molecule has 4 heteroatoms. The van der Waals surface area contributed by atoms with Crippen LogP contribution in [-0.4, -0.2) is 15.4 Å². The van der Waals surface area contributed by atoms with Crippen molar-refractivity contribution in [3.8, 4) is 0 Å². The maximum Gasteiger partial charge on any atom is 0.282 e. The van der Waals surface area contributed by atoms with Crippen LogP contribution in [-0.2, 0) is 6.42 Å². The summed E-state index contributed by atoms with van der Waals surface area (Å²) in [4.78, 5) is 17.2. The van der Waals surface area contributed by atoms with Gasteiger partial charge in [0.15, 0.2) is 0 Å². The van der Waals surface area contributed by atoms with Crippen molar-refractivity contribution in [2.45, 2.75) is 19.8 Å². The molecule has 0 N–H and O–H groups in total. The summed E-state index contributed by atoms with van der Waals surface area (Å²) in [7, 11) is 0. The molecule has 0 saturated carbocycles. The Morgan fingerprint density at radius 1 is 1.05 bits per heavy atom. The van der Waals surface area contributed by atoms with E-state index >= 15 is 0 Å². The molecule has 0 aliphatic heterocycles. The molecule has 0 radical (unpaired) electrons. The molecule has 22 heavy (non-hydrogen) atoms. The molecule has 4 nitrogen and oxygen atoms in total. The van der Waals surface area contributed by atoms with Crippen LogP contribution in [0.4, 0.5) is 0 Å². The Balaban J connectivity index is 1.93. The standard InChI is InChI=1S/C18H15N3O/c1-12-19-16-9-5-4-8-15(16)18(22)21(12)20-17-11-10-13-6-2-3-7-14(13)17/h2-9H,10-11H2,1H3/b20-17+. The largest absolute Gasteiger partial charge is 0.282 e. The van der Waals surface area contributed by atoms with Gasteiger partial charge < -0.3 is 0 Å². The highest BCUT2D eigenvalue weighted by molar-refractivity contribution is 6.04. The molecule has 2 aromatic carbocycles. The number of hydrogen-bond acceptors (Lipinski definition) is 3. The van der Waals surface area contributed by atoms with E-state index in [0.717, 1.165) is 24.1 Å². The van der Waals surface area contributed by atoms with Crippen molar-refractivity contribution < 1.29 is 0 Å². The van der Waals surface area contributed by atoms with Gasteiger partial charge in [0.2, 0.25) is 0 Å². The number of aryl methyl sites for hydroxylation is 2. The predicted molar refractivity (Wildman–Crippen MR) is 87.4 cm³/mol. The Labute approximate surface area is 127 Å². The van der Waals surface area contributed by atoms with Crippen LogP contribution in [0, 0.1) is 6.92 Å². The third kappa shape index (κ3) is 1.96. The van der Waals surface area contributed by atoms with E-state index in [1.165, 1.54) is 10.2 Å². The van der Waals surface area contributed by atoms with Crippen LogP contribution in [0.5, 0.6) is 0 Å². The normalized spacial score (nSPS) is 15.4. The lowest BCUT2D eigenvalue weighted by atomic mass is 10.1. The predicted octanol–water partition coefficient (Wildman–Crippen LogP) is 2.90. The van der Waals surface area contributed by atoms with Crippen LogP contribution in [0.15, 0.2) is 58.4 Å². The summed E-state index contributed by atoms with van der Waals surface area (Å²) in [5, 5.41) is 5.21. The quantitative estimate of drug-likeness (QED) is 0.691. The van der Waals surface area contributed by atoms with E-state index in [1.54, 1.807) is 6.07 Å². The minimum atomic E-state index is -0.111. The average Bonchev–Trinajstić information content (AvgIpc) is 2.95. The first kappa shape index (κ1) is 13.0. The highest BCUT2D eigenvalue weighted by Crippen LogP contribution is 2.22. The maximum absolute atomic E-state index is 12.7. The number of rotatable bonds is 1. The van der Waals surface area contributed by atoms with Gasteiger partial charge in [0.1, 0.15) is 5.82 Å². The molecule has 0 fully saturated rings. The number of benzene rings is 2. The van der Waals surface area contributed by atoms with Crippen molar-refractivity contribution >= 4 is 16.6 Å². The van der Waals surface area contributed by atoms with Gasteiger partial charge >= 0.3 is 0 Å². The molecule has 4 rings (SSSR count). The zero-order valence-electron chi connectivity index (χ0n) is 12.3. The van der Waals surface area contributed by atoms with E-state index in [1.807, 2.05) is 37.3 Å². The van der Waals surface area contributed by atoms with Crippen molar-refractivity contribution in [2.75, 3.05) is 0 Å². The highest BCUT2D eigenvalue weighted by Gasteiger charge is 2.18. The van der Waals surface area contributed by atoms with Crippen LogP contribution in [0.25, 0.3) is 10.9 Å². The Morgan fingerprint density at radius 3 is 2.73 bits per heavy atom. The average molecular weight is 289 g/mol. The van der Waals surface area contributed by atoms with E-state index in [4.69, 9.17) is 0 Å². The molecule has 0 saturated heterocycles. The minimum Gasteiger partial charge on any atom is -0.267 e. The van der Waals surface area contributed by atoms with Gasteiger partial charge in [-0.1, -0.05) is 36.4 Å². The maximum atomic E-state index is 12.7. The smallest absolute Gasteiger partial charge is 0.267 e. The van der Waals surface area contributed by atoms with Crippen LogP contribution in [0.3, 0.4) is 0 Å². The van der Waals surface area contributed by atoms with Crippen molar-refractivity contribution in [1.82, 2.24) is 9.66 Å². The number of fused-ring (bicyclic) bond motifs is 2. The Morgan fingerprint density at radius 2 is 1.82 bits per heavy atom. The Bertz CT molecular complexity index is 969. The van der Waals surface area contributed by atoms with Gasteiger partial charge in [-0.15, -0.1) is 0 Å². The number of hydrogen-bond donors (Lipinski definition) is 0. The summed E-state index contributed by atoms with van der Waals surface area (Å²) >= 11 is 0. The second-order valence-corrected chi connectivity index (χ2v) is 5.50. The topological polar surface area (TPSA) is 47.2 Å². The fourth-order valence-electron chi connectivity index (χ4n) is 2.98. The molecular weight excluding hydrogens is 274 g/mol. The van der Waals surface area contributed by atoms with Gasteiger partial charge in [-0.25, -0.2) is 4.98 Å². The van der Waals surface area contributed by atoms with Crippen molar-refractivity contribution in [3.05, 3.63) is 75.8 Å². The lowest BCUT2D eigenvalue weighted by Gasteiger charge is -2.07. The Hall–Kier alpha value is -2.75. The van der Waals surface area contributed by atoms with Gasteiger partial charge in [-0.2, -0.15) is 9.78 Å². The molecule has 0 spiro atoms. The lowest BCUT2D eigenvalue weighted by Crippen LogP contribution is -2.21. The summed E-state index contributed by atoms with van der Waals surface area (Å²) in [5.74, 6) is 0.612. The summed E-state index contributed by atoms with van der Waals surface area (Å²) in [6, 6.07) is 15.6. The van der Waals surface area contributed by atoms with E-state index < -0.39 is 0 Å². The monoisotopic (exact) mass is 289 g/mol. The molecule has 1 aliphatic rings. The molecule has 0 unspecified atom stereocenters. The van der Waals surface area contributed by atoms with Crippen LogP contribution in [0.1, 0.15) is 23.4 Å². The second kappa shape index (κ2) is 4.91. The number of aromatic nitrogens is 2. The fourth-order valence-corrected chi connectivity index (χ4v) is 2.98. The molecule has 1 heterocycles. The number of nitrogens with zero attached hydrogens (tertiary/aromatic N) is 3. The SMILES string of the molecule is Cc1nc2ccccc2c(=O)n1/N=C1\CCc2ccccc21. The van der Waals surface area contributed by atoms with E-state index in [0.29, 0.717) is 16.7 Å². The minimum absolute atomic E-state index is 0.111. The third-order valence-corrected chi connectivity index (χ3v) is 4.10. The fraction of sp³-hybridized carbons (Fsp3) is 0.167. The van der Waals surface area contributed by atoms with E-state index in [9.17, 15) is 4.79 Å². The van der Waals surface area contributed by atoms with Crippen molar-refractivity contribution in [2.24, 2.45) is 5.10 Å². The molecule has 1 aliphatic carbocycles. The molecule has 0 amide bonds.